The number of aromatic nitrogens is 1. The third-order valence-corrected chi connectivity index (χ3v) is 12.2. The lowest BCUT2D eigenvalue weighted by atomic mass is 10.1. The molecule has 2 N–H and O–H groups in total. The van der Waals surface area contributed by atoms with Gasteiger partial charge in [0.25, 0.3) is 25.2 Å². The number of benzene rings is 2. The number of anilines is 1. The Balaban J connectivity index is 1.54. The van der Waals surface area contributed by atoms with Crippen molar-refractivity contribution in [3.63, 3.8) is 0 Å². The molecule has 0 saturated carbocycles. The monoisotopic (exact) mass is 718 g/mol. The van der Waals surface area contributed by atoms with Gasteiger partial charge >= 0.3 is 0 Å². The van der Waals surface area contributed by atoms with Crippen LogP contribution in [-0.2, 0) is 26.8 Å². The van der Waals surface area contributed by atoms with Gasteiger partial charge in [-0.15, -0.1) is 0 Å². The SMILES string of the molecule is CCC(=Cc1sc2ccc(Cl)cc2[n+]1CC(CN1CCCCC1)S(=O)(=O)O)C=C1Sc2ccc(Cl)cc2N1CCS(=O)(=O)O. The molecule has 9 nitrogen and oxygen atoms in total. The first-order valence-corrected chi connectivity index (χ1v) is 19.7. The van der Waals surface area contributed by atoms with E-state index in [9.17, 15) is 25.9 Å². The molecule has 2 aliphatic heterocycles. The maximum Gasteiger partial charge on any atom is 0.275 e. The van der Waals surface area contributed by atoms with Crippen molar-refractivity contribution in [1.29, 1.82) is 0 Å². The van der Waals surface area contributed by atoms with Gasteiger partial charge in [0, 0.05) is 40.2 Å². The van der Waals surface area contributed by atoms with Crippen LogP contribution < -0.4 is 9.47 Å². The van der Waals surface area contributed by atoms with Crippen LogP contribution in [-0.4, -0.2) is 68.0 Å². The lowest BCUT2D eigenvalue weighted by molar-refractivity contribution is -0.668. The smallest absolute Gasteiger partial charge is 0.275 e. The summed E-state index contributed by atoms with van der Waals surface area (Å²) in [7, 11) is -8.56. The van der Waals surface area contributed by atoms with Crippen LogP contribution >= 0.6 is 46.3 Å². The van der Waals surface area contributed by atoms with Crippen molar-refractivity contribution >= 4 is 88.5 Å². The highest BCUT2D eigenvalue weighted by Gasteiger charge is 2.34. The predicted molar refractivity (Wildman–Crippen MR) is 180 cm³/mol. The Labute approximate surface area is 276 Å². The van der Waals surface area contributed by atoms with E-state index in [2.05, 4.69) is 4.90 Å². The van der Waals surface area contributed by atoms with E-state index in [4.69, 9.17) is 23.2 Å². The topological polar surface area (TPSA) is 119 Å². The van der Waals surface area contributed by atoms with Gasteiger partial charge in [-0.05, 0) is 74.3 Å². The van der Waals surface area contributed by atoms with Crippen LogP contribution in [0.2, 0.25) is 10.0 Å². The highest BCUT2D eigenvalue weighted by atomic mass is 35.5. The van der Waals surface area contributed by atoms with Crippen LogP contribution in [0.4, 0.5) is 5.69 Å². The molecule has 1 unspecified atom stereocenters. The van der Waals surface area contributed by atoms with Crippen molar-refractivity contribution in [2.45, 2.75) is 49.3 Å². The summed E-state index contributed by atoms with van der Waals surface area (Å²) in [5.74, 6) is -0.451. The summed E-state index contributed by atoms with van der Waals surface area (Å²) in [6.07, 6.45) is 7.70. The second kappa shape index (κ2) is 14.0. The lowest BCUT2D eigenvalue weighted by Crippen LogP contribution is -2.49. The minimum Gasteiger partial charge on any atom is -0.334 e. The fourth-order valence-corrected chi connectivity index (χ4v) is 9.19. The molecule has 2 aromatic carbocycles. The summed E-state index contributed by atoms with van der Waals surface area (Å²) in [6, 6.07) is 10.9. The van der Waals surface area contributed by atoms with Gasteiger partial charge in [0.15, 0.2) is 11.8 Å². The molecule has 2 aliphatic rings. The van der Waals surface area contributed by atoms with E-state index in [1.807, 2.05) is 40.7 Å². The molecule has 1 saturated heterocycles. The number of allylic oxidation sites excluding steroid dienone is 2. The zero-order valence-electron chi connectivity index (χ0n) is 24.0. The molecular weight excluding hydrogens is 686 g/mol. The molecule has 44 heavy (non-hydrogen) atoms. The molecule has 1 aromatic heterocycles. The Hall–Kier alpha value is -1.68. The first-order chi connectivity index (χ1) is 20.8. The largest absolute Gasteiger partial charge is 0.334 e. The average Bonchev–Trinajstić information content (AvgIpc) is 3.46. The highest BCUT2D eigenvalue weighted by molar-refractivity contribution is 8.03. The number of halogens is 2. The van der Waals surface area contributed by atoms with E-state index < -0.39 is 31.2 Å². The van der Waals surface area contributed by atoms with E-state index in [0.717, 1.165) is 68.8 Å². The summed E-state index contributed by atoms with van der Waals surface area (Å²) in [6.45, 7) is 3.92. The van der Waals surface area contributed by atoms with Gasteiger partial charge in [-0.2, -0.15) is 21.4 Å². The number of rotatable bonds is 11. The Morgan fingerprint density at radius 3 is 2.43 bits per heavy atom. The second-order valence-corrected chi connectivity index (χ2v) is 17.1. The quantitative estimate of drug-likeness (QED) is 0.172. The van der Waals surface area contributed by atoms with E-state index in [0.29, 0.717) is 16.5 Å². The maximum absolute atomic E-state index is 12.6. The van der Waals surface area contributed by atoms with Gasteiger partial charge in [-0.3, -0.25) is 9.11 Å². The summed E-state index contributed by atoms with van der Waals surface area (Å²) >= 11 is 15.6. The number of hydrogen-bond donors (Lipinski definition) is 2. The van der Waals surface area contributed by atoms with Crippen molar-refractivity contribution < 1.29 is 30.5 Å². The number of likely N-dealkylation sites (tertiary alicyclic amines) is 1. The third kappa shape index (κ3) is 8.37. The van der Waals surface area contributed by atoms with Gasteiger partial charge in [0.2, 0.25) is 5.52 Å². The van der Waals surface area contributed by atoms with Crippen molar-refractivity contribution in [3.05, 3.63) is 68.1 Å². The van der Waals surface area contributed by atoms with Crippen molar-refractivity contribution in [3.8, 4) is 0 Å². The Kier molecular flexibility index (Phi) is 10.7. The molecule has 5 rings (SSSR count). The molecular formula is C29H34Cl2N3O6S4+. The Morgan fingerprint density at radius 1 is 1.05 bits per heavy atom. The Bertz CT molecular complexity index is 1820. The molecule has 3 aromatic rings. The molecule has 0 spiro atoms. The number of nitrogens with zero attached hydrogens (tertiary/aromatic N) is 3. The first-order valence-electron chi connectivity index (χ1n) is 14.2. The van der Waals surface area contributed by atoms with Gasteiger partial charge in [0.05, 0.1) is 16.5 Å². The zero-order chi connectivity index (χ0) is 31.6. The summed E-state index contributed by atoms with van der Waals surface area (Å²) < 4.78 is 71.1. The number of fused-ring (bicyclic) bond motifs is 2. The molecule has 0 radical (unpaired) electrons. The number of thiazole rings is 1. The number of thioether (sulfide) groups is 1. The normalized spacial score (nSPS) is 18.3. The van der Waals surface area contributed by atoms with Crippen LogP contribution in [0.25, 0.3) is 16.3 Å². The van der Waals surface area contributed by atoms with E-state index in [-0.39, 0.29) is 19.6 Å². The zero-order valence-corrected chi connectivity index (χ0v) is 28.8. The fraction of sp³-hybridized carbons (Fsp3) is 0.414. The number of hydrogen-bond acceptors (Lipinski definition) is 8. The third-order valence-electron chi connectivity index (χ3n) is 7.70. The van der Waals surface area contributed by atoms with Gasteiger partial charge in [0.1, 0.15) is 4.70 Å². The van der Waals surface area contributed by atoms with Crippen LogP contribution in [0, 0.1) is 0 Å². The minimum absolute atomic E-state index is 0.0376. The first kappa shape index (κ1) is 33.7. The van der Waals surface area contributed by atoms with Crippen LogP contribution in [0.3, 0.4) is 0 Å². The van der Waals surface area contributed by atoms with Gasteiger partial charge in [-0.25, -0.2) is 0 Å². The van der Waals surface area contributed by atoms with E-state index in [1.54, 1.807) is 24.3 Å². The van der Waals surface area contributed by atoms with Crippen LogP contribution in [0.15, 0.2) is 58.0 Å². The summed E-state index contributed by atoms with van der Waals surface area (Å²) in [5.41, 5.74) is 2.44. The standard InChI is InChI=1S/C29H33Cl2N3O6S4/c1-2-20(14-28-33(12-13-43(35,36)37)24-16-21(30)6-8-26(24)41-28)15-29-34(25-17-22(31)7-9-27(25)42-29)19-23(44(38,39)40)18-32-10-4-3-5-11-32/h6-9,14-17,23H,2-5,10-13,18-19H2,1H3,(H-,35,36,37,38,39,40)/p+1. The molecule has 1 atom stereocenters. The van der Waals surface area contributed by atoms with E-state index in [1.165, 1.54) is 23.1 Å². The maximum atomic E-state index is 12.6. The summed E-state index contributed by atoms with van der Waals surface area (Å²) in [4.78, 5) is 4.84. The lowest BCUT2D eigenvalue weighted by Gasteiger charge is -2.28. The fourth-order valence-electron chi connectivity index (χ4n) is 5.43. The van der Waals surface area contributed by atoms with Crippen molar-refractivity contribution in [1.82, 2.24) is 4.90 Å². The second-order valence-electron chi connectivity index (χ2n) is 10.9. The van der Waals surface area contributed by atoms with Crippen molar-refractivity contribution in [2.24, 2.45) is 0 Å². The molecule has 1 fully saturated rings. The average molecular weight is 720 g/mol. The van der Waals surface area contributed by atoms with E-state index >= 15 is 0 Å². The minimum atomic E-state index is -4.36. The molecule has 0 bridgehead atoms. The molecule has 0 amide bonds. The van der Waals surface area contributed by atoms with Gasteiger partial charge in [-0.1, -0.05) is 59.6 Å². The van der Waals surface area contributed by atoms with Gasteiger partial charge < -0.3 is 9.80 Å². The van der Waals surface area contributed by atoms with Crippen LogP contribution in [0.1, 0.15) is 37.6 Å². The molecule has 15 heteroatoms. The molecule has 238 valence electrons. The van der Waals surface area contributed by atoms with Crippen LogP contribution in [0.5, 0.6) is 0 Å². The molecule has 3 heterocycles. The molecule has 0 aliphatic carbocycles. The highest BCUT2D eigenvalue weighted by Crippen LogP contribution is 2.47. The summed E-state index contributed by atoms with van der Waals surface area (Å²) in [5, 5.41) is 1.56. The van der Waals surface area contributed by atoms with Crippen molar-refractivity contribution in [2.75, 3.05) is 36.8 Å². The number of piperidine rings is 1. The Morgan fingerprint density at radius 2 is 1.75 bits per heavy atom. The predicted octanol–water partition coefficient (Wildman–Crippen LogP) is 6.37.